The van der Waals surface area contributed by atoms with Gasteiger partial charge in [0.1, 0.15) is 0 Å². The Labute approximate surface area is 87.4 Å². The molecule has 0 aliphatic carbocycles. The van der Waals surface area contributed by atoms with Gasteiger partial charge in [0.2, 0.25) is 0 Å². The van der Waals surface area contributed by atoms with Crippen LogP contribution in [0.25, 0.3) is 0 Å². The Hall–Kier alpha value is -1.84. The molecule has 0 fully saturated rings. The molecule has 1 aromatic rings. The van der Waals surface area contributed by atoms with E-state index in [-0.39, 0.29) is 11.5 Å². The van der Waals surface area contributed by atoms with E-state index in [1.54, 1.807) is 12.2 Å². The first-order valence-electron chi connectivity index (χ1n) is 4.72. The Morgan fingerprint density at radius 3 is 2.33 bits per heavy atom. The molecule has 2 N–H and O–H groups in total. The second-order valence-electron chi connectivity index (χ2n) is 3.27. The van der Waals surface area contributed by atoms with E-state index in [0.29, 0.717) is 18.4 Å². The fourth-order valence-corrected chi connectivity index (χ4v) is 1.48. The molecule has 0 amide bonds. The average Bonchev–Trinajstić information content (AvgIpc) is 2.17. The summed E-state index contributed by atoms with van der Waals surface area (Å²) in [6.07, 6.45) is 6.32. The summed E-state index contributed by atoms with van der Waals surface area (Å²) in [6, 6.07) is 0. The van der Waals surface area contributed by atoms with E-state index in [0.717, 1.165) is 0 Å². The first kappa shape index (κ1) is 11.2. The van der Waals surface area contributed by atoms with Crippen LogP contribution < -0.4 is 11.2 Å². The highest BCUT2D eigenvalue weighted by molar-refractivity contribution is 5.13. The van der Waals surface area contributed by atoms with E-state index in [2.05, 4.69) is 23.1 Å². The Kier molecular flexibility index (Phi) is 3.85. The van der Waals surface area contributed by atoms with Crippen molar-refractivity contribution in [3.63, 3.8) is 0 Å². The van der Waals surface area contributed by atoms with Gasteiger partial charge in [0.25, 0.3) is 5.56 Å². The maximum Gasteiger partial charge on any atom is 0.325 e. The van der Waals surface area contributed by atoms with Gasteiger partial charge in [0, 0.05) is 11.8 Å². The molecule has 0 radical (unpaired) electrons. The monoisotopic (exact) mass is 206 g/mol. The van der Waals surface area contributed by atoms with Crippen LogP contribution in [0.4, 0.5) is 0 Å². The number of rotatable bonds is 5. The third kappa shape index (κ3) is 2.80. The standard InChI is InChI=1S/C11H14N2O2/c1-3-5-8(6-4-2)9-7-12-11(15)13-10(9)14/h3-4,7-8H,1-2,5-6H2,(H2,12,13,14,15). The summed E-state index contributed by atoms with van der Waals surface area (Å²) in [4.78, 5) is 27.0. The highest BCUT2D eigenvalue weighted by Crippen LogP contribution is 2.19. The molecule has 0 spiro atoms. The molecule has 4 nitrogen and oxygen atoms in total. The Balaban J connectivity index is 3.10. The lowest BCUT2D eigenvalue weighted by Gasteiger charge is -2.10. The van der Waals surface area contributed by atoms with Gasteiger partial charge in [-0.15, -0.1) is 13.2 Å². The number of nitrogens with one attached hydrogen (secondary N) is 2. The van der Waals surface area contributed by atoms with Crippen molar-refractivity contribution in [1.82, 2.24) is 9.97 Å². The average molecular weight is 206 g/mol. The molecule has 0 aliphatic heterocycles. The number of hydrogen-bond acceptors (Lipinski definition) is 2. The summed E-state index contributed by atoms with van der Waals surface area (Å²) in [6.45, 7) is 7.27. The molecule has 0 unspecified atom stereocenters. The van der Waals surface area contributed by atoms with E-state index >= 15 is 0 Å². The van der Waals surface area contributed by atoms with Crippen molar-refractivity contribution >= 4 is 0 Å². The minimum absolute atomic E-state index is 0.0283. The molecule has 4 heteroatoms. The van der Waals surface area contributed by atoms with Crippen LogP contribution in [0, 0.1) is 0 Å². The topological polar surface area (TPSA) is 65.7 Å². The van der Waals surface area contributed by atoms with Gasteiger partial charge < -0.3 is 4.98 Å². The lowest BCUT2D eigenvalue weighted by molar-refractivity contribution is 0.694. The number of H-pyrrole nitrogens is 2. The van der Waals surface area contributed by atoms with E-state index in [4.69, 9.17) is 0 Å². The summed E-state index contributed by atoms with van der Waals surface area (Å²) in [5, 5.41) is 0. The van der Waals surface area contributed by atoms with Gasteiger partial charge in [0.05, 0.1) is 0 Å². The van der Waals surface area contributed by atoms with Gasteiger partial charge >= 0.3 is 5.69 Å². The van der Waals surface area contributed by atoms with Crippen LogP contribution in [0.2, 0.25) is 0 Å². The van der Waals surface area contributed by atoms with E-state index in [9.17, 15) is 9.59 Å². The third-order valence-corrected chi connectivity index (χ3v) is 2.19. The van der Waals surface area contributed by atoms with Crippen molar-refractivity contribution in [1.29, 1.82) is 0 Å². The van der Waals surface area contributed by atoms with Crippen molar-refractivity contribution in [3.8, 4) is 0 Å². The van der Waals surface area contributed by atoms with Gasteiger partial charge in [-0.2, -0.15) is 0 Å². The molecule has 1 rings (SSSR count). The van der Waals surface area contributed by atoms with Gasteiger partial charge in [-0.3, -0.25) is 9.78 Å². The zero-order valence-corrected chi connectivity index (χ0v) is 8.45. The van der Waals surface area contributed by atoms with Crippen LogP contribution in [-0.4, -0.2) is 9.97 Å². The number of aromatic amines is 2. The summed E-state index contributed by atoms with van der Waals surface area (Å²) in [5.41, 5.74) is -0.262. The van der Waals surface area contributed by atoms with Crippen molar-refractivity contribution in [2.24, 2.45) is 0 Å². The fourth-order valence-electron chi connectivity index (χ4n) is 1.48. The maximum absolute atomic E-state index is 11.5. The fraction of sp³-hybridized carbons (Fsp3) is 0.273. The van der Waals surface area contributed by atoms with Crippen molar-refractivity contribution < 1.29 is 0 Å². The second kappa shape index (κ2) is 5.14. The Morgan fingerprint density at radius 2 is 1.87 bits per heavy atom. The molecule has 80 valence electrons. The van der Waals surface area contributed by atoms with Crippen molar-refractivity contribution in [2.75, 3.05) is 0 Å². The quantitative estimate of drug-likeness (QED) is 0.713. The summed E-state index contributed by atoms with van der Waals surface area (Å²) < 4.78 is 0. The molecular formula is C11H14N2O2. The molecule has 15 heavy (non-hydrogen) atoms. The van der Waals surface area contributed by atoms with Crippen molar-refractivity contribution in [2.45, 2.75) is 18.8 Å². The molecule has 0 aromatic carbocycles. The van der Waals surface area contributed by atoms with Gasteiger partial charge in [-0.25, -0.2) is 4.79 Å². The Morgan fingerprint density at radius 1 is 1.27 bits per heavy atom. The molecule has 0 atom stereocenters. The third-order valence-electron chi connectivity index (χ3n) is 2.19. The molecule has 0 saturated heterocycles. The summed E-state index contributed by atoms with van der Waals surface area (Å²) in [7, 11) is 0. The maximum atomic E-state index is 11.5. The molecule has 0 aliphatic rings. The summed E-state index contributed by atoms with van der Waals surface area (Å²) in [5.74, 6) is 0.0283. The SMILES string of the molecule is C=CCC(CC=C)c1c[nH]c(=O)[nH]c1=O. The lowest BCUT2D eigenvalue weighted by atomic mass is 9.95. The van der Waals surface area contributed by atoms with Gasteiger partial charge in [-0.1, -0.05) is 12.2 Å². The van der Waals surface area contributed by atoms with Crippen LogP contribution in [0.3, 0.4) is 0 Å². The van der Waals surface area contributed by atoms with Crippen molar-refractivity contribution in [3.05, 3.63) is 57.9 Å². The van der Waals surface area contributed by atoms with Crippen LogP contribution in [0.5, 0.6) is 0 Å². The predicted octanol–water partition coefficient (Wildman–Crippen LogP) is 1.30. The van der Waals surface area contributed by atoms with E-state index in [1.165, 1.54) is 6.20 Å². The normalized spacial score (nSPS) is 10.2. The van der Waals surface area contributed by atoms with Gasteiger partial charge in [-0.05, 0) is 18.8 Å². The summed E-state index contributed by atoms with van der Waals surface area (Å²) >= 11 is 0. The smallest absolute Gasteiger partial charge is 0.314 e. The first-order chi connectivity index (χ1) is 7.19. The Bertz CT molecular complexity index is 446. The van der Waals surface area contributed by atoms with E-state index in [1.807, 2.05) is 0 Å². The molecule has 1 heterocycles. The minimum Gasteiger partial charge on any atom is -0.314 e. The molecule has 0 saturated carbocycles. The number of allylic oxidation sites excluding steroid dienone is 2. The number of hydrogen-bond donors (Lipinski definition) is 2. The zero-order chi connectivity index (χ0) is 11.3. The van der Waals surface area contributed by atoms with E-state index < -0.39 is 5.69 Å². The predicted molar refractivity (Wildman–Crippen MR) is 60.1 cm³/mol. The van der Waals surface area contributed by atoms with Crippen LogP contribution in [0.1, 0.15) is 24.3 Å². The van der Waals surface area contributed by atoms with Crippen LogP contribution in [0.15, 0.2) is 41.1 Å². The van der Waals surface area contributed by atoms with Crippen LogP contribution in [-0.2, 0) is 0 Å². The van der Waals surface area contributed by atoms with Gasteiger partial charge in [0.15, 0.2) is 0 Å². The highest BCUT2D eigenvalue weighted by Gasteiger charge is 2.12. The highest BCUT2D eigenvalue weighted by atomic mass is 16.2. The minimum atomic E-state index is -0.486. The molecule has 0 bridgehead atoms. The number of aromatic nitrogens is 2. The molecular weight excluding hydrogens is 192 g/mol. The second-order valence-corrected chi connectivity index (χ2v) is 3.27. The van der Waals surface area contributed by atoms with Crippen LogP contribution >= 0.6 is 0 Å². The molecule has 1 aromatic heterocycles. The first-order valence-corrected chi connectivity index (χ1v) is 4.72. The lowest BCUT2D eigenvalue weighted by Crippen LogP contribution is -2.26. The largest absolute Gasteiger partial charge is 0.325 e. The zero-order valence-electron chi connectivity index (χ0n) is 8.45.